The Morgan fingerprint density at radius 3 is 2.24 bits per heavy atom. The van der Waals surface area contributed by atoms with Crippen molar-refractivity contribution in [2.24, 2.45) is 5.73 Å². The van der Waals surface area contributed by atoms with Gasteiger partial charge >= 0.3 is 6.18 Å². The second-order valence-electron chi connectivity index (χ2n) is 7.74. The molecule has 2 N–H and O–H groups in total. The van der Waals surface area contributed by atoms with E-state index < -0.39 is 29.5 Å². The molecule has 176 valence electrons. The molecule has 1 atom stereocenters. The molecule has 0 saturated carbocycles. The van der Waals surface area contributed by atoms with E-state index in [4.69, 9.17) is 5.73 Å². The van der Waals surface area contributed by atoms with Gasteiger partial charge in [-0.3, -0.25) is 4.79 Å². The molecule has 0 aliphatic heterocycles. The quantitative estimate of drug-likeness (QED) is 0.429. The predicted octanol–water partition coefficient (Wildman–Crippen LogP) is 6.16. The lowest BCUT2D eigenvalue weighted by molar-refractivity contribution is -0.137. The number of rotatable bonds is 6. The Morgan fingerprint density at radius 1 is 0.970 bits per heavy atom. The third kappa shape index (κ3) is 6.55. The van der Waals surface area contributed by atoms with Gasteiger partial charge in [-0.15, -0.1) is 12.4 Å². The summed E-state index contributed by atoms with van der Waals surface area (Å²) < 4.78 is 53.0. The highest BCUT2D eigenvalue weighted by atomic mass is 35.5. The Kier molecular flexibility index (Phi) is 8.63. The van der Waals surface area contributed by atoms with Crippen LogP contribution in [0.5, 0.6) is 0 Å². The van der Waals surface area contributed by atoms with Gasteiger partial charge in [-0.05, 0) is 72.9 Å². The van der Waals surface area contributed by atoms with Gasteiger partial charge in [0.15, 0.2) is 0 Å². The van der Waals surface area contributed by atoms with E-state index >= 15 is 0 Å². The summed E-state index contributed by atoms with van der Waals surface area (Å²) in [4.78, 5) is 14.7. The summed E-state index contributed by atoms with van der Waals surface area (Å²) in [7, 11) is 0. The summed E-state index contributed by atoms with van der Waals surface area (Å²) in [6.07, 6.45) is -4.63. The first-order valence-electron chi connectivity index (χ1n) is 10.1. The molecule has 0 saturated heterocycles. The molecule has 0 spiro atoms. The van der Waals surface area contributed by atoms with Gasteiger partial charge in [0.2, 0.25) is 5.91 Å². The summed E-state index contributed by atoms with van der Waals surface area (Å²) in [5, 5.41) is 0. The molecule has 0 bridgehead atoms. The molecular weight excluding hydrogens is 456 g/mol. The van der Waals surface area contributed by atoms with E-state index in [1.807, 2.05) is 32.0 Å². The van der Waals surface area contributed by atoms with Crippen LogP contribution in [0.25, 0.3) is 0 Å². The maximum atomic E-state index is 13.8. The standard InChI is InChI=1S/C25H24F4N2O.ClH/c1-16-8-9-22(12-17(16)2)31(24(32)23(30)19-6-4-3-5-7-19)11-10-18-13-20(25(27,28)29)15-21(26)14-18;/h3-9,12-15,23H,10-11,30H2,1-2H3;1H. The van der Waals surface area contributed by atoms with Crippen molar-refractivity contribution in [3.05, 3.63) is 100 Å². The van der Waals surface area contributed by atoms with Crippen LogP contribution < -0.4 is 10.6 Å². The lowest BCUT2D eigenvalue weighted by atomic mass is 10.0. The summed E-state index contributed by atoms with van der Waals surface area (Å²) in [5.41, 5.74) is 8.50. The lowest BCUT2D eigenvalue weighted by Crippen LogP contribution is -2.40. The topological polar surface area (TPSA) is 46.3 Å². The molecule has 0 aliphatic carbocycles. The smallest absolute Gasteiger partial charge is 0.316 e. The number of benzene rings is 3. The number of alkyl halides is 3. The summed E-state index contributed by atoms with van der Waals surface area (Å²) in [5.74, 6) is -1.37. The van der Waals surface area contributed by atoms with E-state index in [0.29, 0.717) is 17.3 Å². The highest BCUT2D eigenvalue weighted by molar-refractivity contribution is 5.97. The molecule has 0 fully saturated rings. The van der Waals surface area contributed by atoms with Gasteiger partial charge in [-0.2, -0.15) is 13.2 Å². The van der Waals surface area contributed by atoms with E-state index in [2.05, 4.69) is 0 Å². The highest BCUT2D eigenvalue weighted by Crippen LogP contribution is 2.31. The SMILES string of the molecule is Cc1ccc(N(CCc2cc(F)cc(C(F)(F)F)c2)C(=O)C(N)c2ccccc2)cc1C.Cl. The second-order valence-corrected chi connectivity index (χ2v) is 7.74. The Labute approximate surface area is 196 Å². The van der Waals surface area contributed by atoms with Gasteiger partial charge in [0.25, 0.3) is 0 Å². The van der Waals surface area contributed by atoms with E-state index in [1.54, 1.807) is 30.3 Å². The predicted molar refractivity (Wildman–Crippen MR) is 124 cm³/mol. The van der Waals surface area contributed by atoms with Gasteiger partial charge in [-0.25, -0.2) is 4.39 Å². The zero-order valence-corrected chi connectivity index (χ0v) is 19.0. The van der Waals surface area contributed by atoms with E-state index in [1.165, 1.54) is 4.90 Å². The van der Waals surface area contributed by atoms with E-state index in [9.17, 15) is 22.4 Å². The fourth-order valence-electron chi connectivity index (χ4n) is 3.43. The van der Waals surface area contributed by atoms with Crippen LogP contribution in [0.2, 0.25) is 0 Å². The fraction of sp³-hybridized carbons (Fsp3) is 0.240. The van der Waals surface area contributed by atoms with Crippen molar-refractivity contribution in [2.75, 3.05) is 11.4 Å². The monoisotopic (exact) mass is 480 g/mol. The second kappa shape index (κ2) is 10.8. The maximum absolute atomic E-state index is 13.8. The average Bonchev–Trinajstić information content (AvgIpc) is 2.75. The summed E-state index contributed by atoms with van der Waals surface area (Å²) >= 11 is 0. The molecule has 1 amide bonds. The molecule has 3 nitrogen and oxygen atoms in total. The van der Waals surface area contributed by atoms with Crippen molar-refractivity contribution in [1.29, 1.82) is 0 Å². The minimum absolute atomic E-state index is 0. The van der Waals surface area contributed by atoms with Gasteiger partial charge in [-0.1, -0.05) is 36.4 Å². The van der Waals surface area contributed by atoms with Gasteiger partial charge in [0.1, 0.15) is 11.9 Å². The first-order valence-corrected chi connectivity index (χ1v) is 10.1. The number of hydrogen-bond acceptors (Lipinski definition) is 2. The van der Waals surface area contributed by atoms with Crippen molar-refractivity contribution in [1.82, 2.24) is 0 Å². The van der Waals surface area contributed by atoms with Gasteiger partial charge in [0, 0.05) is 12.2 Å². The van der Waals surface area contributed by atoms with Crippen LogP contribution >= 0.6 is 12.4 Å². The van der Waals surface area contributed by atoms with Crippen molar-refractivity contribution in [3.63, 3.8) is 0 Å². The lowest BCUT2D eigenvalue weighted by Gasteiger charge is -2.27. The Hall–Kier alpha value is -2.90. The third-order valence-electron chi connectivity index (χ3n) is 5.40. The zero-order valence-electron chi connectivity index (χ0n) is 18.2. The molecule has 0 heterocycles. The largest absolute Gasteiger partial charge is 0.416 e. The average molecular weight is 481 g/mol. The van der Waals surface area contributed by atoms with Crippen molar-refractivity contribution >= 4 is 24.0 Å². The zero-order chi connectivity index (χ0) is 23.5. The highest BCUT2D eigenvalue weighted by Gasteiger charge is 2.31. The minimum atomic E-state index is -4.66. The number of anilines is 1. The number of aryl methyl sites for hydroxylation is 2. The number of halogens is 5. The first kappa shape index (κ1) is 26.4. The van der Waals surface area contributed by atoms with Gasteiger partial charge in [0.05, 0.1) is 5.56 Å². The number of amides is 1. The number of hydrogen-bond donors (Lipinski definition) is 1. The molecule has 3 aromatic rings. The maximum Gasteiger partial charge on any atom is 0.416 e. The Morgan fingerprint density at radius 2 is 1.64 bits per heavy atom. The van der Waals surface area contributed by atoms with Crippen molar-refractivity contribution in [3.8, 4) is 0 Å². The molecule has 1 unspecified atom stereocenters. The summed E-state index contributed by atoms with van der Waals surface area (Å²) in [6, 6.07) is 15.8. The van der Waals surface area contributed by atoms with Crippen molar-refractivity contribution in [2.45, 2.75) is 32.5 Å². The van der Waals surface area contributed by atoms with Crippen LogP contribution in [0, 0.1) is 19.7 Å². The first-order chi connectivity index (χ1) is 15.1. The molecule has 3 rings (SSSR count). The minimum Gasteiger partial charge on any atom is -0.316 e. The number of nitrogens with two attached hydrogens (primary N) is 1. The third-order valence-corrected chi connectivity index (χ3v) is 5.40. The molecule has 8 heteroatoms. The Bertz CT molecular complexity index is 1100. The van der Waals surface area contributed by atoms with Crippen LogP contribution in [0.1, 0.15) is 33.9 Å². The van der Waals surface area contributed by atoms with Crippen LogP contribution in [0.15, 0.2) is 66.7 Å². The molecule has 0 aromatic heterocycles. The molecule has 0 aliphatic rings. The normalized spacial score (nSPS) is 12.1. The number of carbonyl (C=O) groups is 1. The number of nitrogens with zero attached hydrogens (tertiary/aromatic N) is 1. The number of carbonyl (C=O) groups excluding carboxylic acids is 1. The van der Waals surface area contributed by atoms with E-state index in [0.717, 1.165) is 23.3 Å². The van der Waals surface area contributed by atoms with Crippen LogP contribution in [0.4, 0.5) is 23.2 Å². The molecular formula is C25H25ClF4N2O. The fourth-order valence-corrected chi connectivity index (χ4v) is 3.43. The van der Waals surface area contributed by atoms with Crippen LogP contribution in [0.3, 0.4) is 0 Å². The Balaban J connectivity index is 0.00000385. The van der Waals surface area contributed by atoms with Gasteiger partial charge < -0.3 is 10.6 Å². The van der Waals surface area contributed by atoms with Crippen LogP contribution in [-0.4, -0.2) is 12.5 Å². The van der Waals surface area contributed by atoms with Crippen molar-refractivity contribution < 1.29 is 22.4 Å². The molecule has 3 aromatic carbocycles. The van der Waals surface area contributed by atoms with E-state index in [-0.39, 0.29) is 30.9 Å². The molecule has 0 radical (unpaired) electrons. The summed E-state index contributed by atoms with van der Waals surface area (Å²) in [6.45, 7) is 3.88. The van der Waals surface area contributed by atoms with Crippen LogP contribution in [-0.2, 0) is 17.4 Å². The molecule has 33 heavy (non-hydrogen) atoms.